The maximum Gasteiger partial charge on any atom is 0.351 e. The quantitative estimate of drug-likeness (QED) is 0.527. The zero-order valence-electron chi connectivity index (χ0n) is 16.4. The number of ether oxygens (including phenoxy) is 1. The molecule has 0 bridgehead atoms. The van der Waals surface area contributed by atoms with E-state index in [0.717, 1.165) is 4.47 Å². The van der Waals surface area contributed by atoms with Gasteiger partial charge in [0, 0.05) is 16.5 Å². The first-order valence-corrected chi connectivity index (χ1v) is 9.91. The molecule has 3 aromatic rings. The molecule has 0 spiro atoms. The van der Waals surface area contributed by atoms with Crippen LogP contribution in [0.25, 0.3) is 17.1 Å². The first-order chi connectivity index (χ1) is 13.8. The zero-order valence-corrected chi connectivity index (χ0v) is 17.9. The maximum absolute atomic E-state index is 13.8. The number of hydrogen-bond acceptors (Lipinski definition) is 4. The third-order valence-electron chi connectivity index (χ3n) is 4.31. The number of halogens is 2. The minimum absolute atomic E-state index is 0.0354. The van der Waals surface area contributed by atoms with Crippen LogP contribution >= 0.6 is 15.9 Å². The lowest BCUT2D eigenvalue weighted by atomic mass is 10.1. The van der Waals surface area contributed by atoms with Crippen LogP contribution in [0.2, 0.25) is 0 Å². The lowest BCUT2D eigenvalue weighted by Gasteiger charge is -2.08. The van der Waals surface area contributed by atoms with Gasteiger partial charge in [-0.05, 0) is 48.4 Å². The van der Waals surface area contributed by atoms with E-state index in [1.807, 2.05) is 13.8 Å². The molecule has 0 atom stereocenters. The normalized spacial score (nSPS) is 11.1. The van der Waals surface area contributed by atoms with Gasteiger partial charge in [0.25, 0.3) is 0 Å². The monoisotopic (exact) mass is 461 g/mol. The molecule has 0 aliphatic carbocycles. The zero-order chi connectivity index (χ0) is 21.1. The molecular formula is C21H21BrFN3O3. The number of Topliss-reactive ketones (excluding diaryl/α,β-unsaturated/α-hetero) is 1. The summed E-state index contributed by atoms with van der Waals surface area (Å²) in [7, 11) is 1.36. The van der Waals surface area contributed by atoms with Crippen molar-refractivity contribution in [2.24, 2.45) is 5.92 Å². The number of carbonyl (C=O) groups is 1. The highest BCUT2D eigenvalue weighted by molar-refractivity contribution is 9.10. The average Bonchev–Trinajstić information content (AvgIpc) is 2.99. The second-order valence-corrected chi connectivity index (χ2v) is 7.98. The van der Waals surface area contributed by atoms with Crippen molar-refractivity contribution in [1.82, 2.24) is 14.3 Å². The molecule has 1 heterocycles. The number of methoxy groups -OCH3 is 1. The number of rotatable bonds is 7. The Balaban J connectivity index is 2.14. The molecule has 0 saturated carbocycles. The van der Waals surface area contributed by atoms with E-state index in [1.54, 1.807) is 24.3 Å². The Morgan fingerprint density at radius 2 is 1.90 bits per heavy atom. The van der Waals surface area contributed by atoms with Crippen LogP contribution in [0, 0.1) is 11.7 Å². The van der Waals surface area contributed by atoms with Crippen LogP contribution in [0.1, 0.15) is 20.3 Å². The molecule has 0 saturated heterocycles. The summed E-state index contributed by atoms with van der Waals surface area (Å²) < 4.78 is 22.3. The average molecular weight is 462 g/mol. The summed E-state index contributed by atoms with van der Waals surface area (Å²) >= 11 is 3.36. The highest BCUT2D eigenvalue weighted by Crippen LogP contribution is 2.25. The van der Waals surface area contributed by atoms with Gasteiger partial charge in [0.15, 0.2) is 23.2 Å². The van der Waals surface area contributed by atoms with Gasteiger partial charge in [-0.2, -0.15) is 4.68 Å². The van der Waals surface area contributed by atoms with Gasteiger partial charge in [0.1, 0.15) is 0 Å². The fraction of sp³-hybridized carbons (Fsp3) is 0.286. The van der Waals surface area contributed by atoms with Crippen LogP contribution in [0.3, 0.4) is 0 Å². The first-order valence-electron chi connectivity index (χ1n) is 9.11. The van der Waals surface area contributed by atoms with E-state index in [2.05, 4.69) is 21.0 Å². The minimum Gasteiger partial charge on any atom is -0.494 e. The highest BCUT2D eigenvalue weighted by Gasteiger charge is 2.20. The molecule has 0 amide bonds. The van der Waals surface area contributed by atoms with E-state index in [0.29, 0.717) is 17.7 Å². The molecule has 3 rings (SSSR count). The molecular weight excluding hydrogens is 441 g/mol. The van der Waals surface area contributed by atoms with Gasteiger partial charge in [-0.1, -0.05) is 29.8 Å². The molecule has 0 N–H and O–H groups in total. The molecule has 152 valence electrons. The Morgan fingerprint density at radius 3 is 2.52 bits per heavy atom. The Kier molecular flexibility index (Phi) is 6.32. The van der Waals surface area contributed by atoms with Gasteiger partial charge in [0.05, 0.1) is 19.3 Å². The molecule has 0 aliphatic rings. The van der Waals surface area contributed by atoms with Crippen molar-refractivity contribution in [2.45, 2.75) is 26.8 Å². The van der Waals surface area contributed by atoms with Gasteiger partial charge in [-0.15, -0.1) is 5.10 Å². The van der Waals surface area contributed by atoms with Crippen LogP contribution in [0.4, 0.5) is 4.39 Å². The van der Waals surface area contributed by atoms with Crippen molar-refractivity contribution in [3.8, 4) is 22.8 Å². The van der Waals surface area contributed by atoms with Crippen molar-refractivity contribution in [3.05, 3.63) is 63.2 Å². The molecule has 6 nitrogen and oxygen atoms in total. The van der Waals surface area contributed by atoms with Gasteiger partial charge >= 0.3 is 5.69 Å². The fourth-order valence-electron chi connectivity index (χ4n) is 3.00. The first kappa shape index (κ1) is 21.0. The van der Waals surface area contributed by atoms with Crippen LogP contribution in [-0.4, -0.2) is 27.2 Å². The number of ketones is 1. The van der Waals surface area contributed by atoms with E-state index in [4.69, 9.17) is 4.74 Å². The van der Waals surface area contributed by atoms with E-state index in [-0.39, 0.29) is 29.8 Å². The van der Waals surface area contributed by atoms with Crippen molar-refractivity contribution in [1.29, 1.82) is 0 Å². The van der Waals surface area contributed by atoms with Gasteiger partial charge < -0.3 is 4.74 Å². The maximum atomic E-state index is 13.8. The Morgan fingerprint density at radius 1 is 1.21 bits per heavy atom. The lowest BCUT2D eigenvalue weighted by molar-refractivity contribution is -0.120. The van der Waals surface area contributed by atoms with E-state index in [1.165, 1.54) is 34.6 Å². The van der Waals surface area contributed by atoms with Gasteiger partial charge in [-0.25, -0.2) is 9.18 Å². The Bertz CT molecular complexity index is 1090. The van der Waals surface area contributed by atoms with E-state index < -0.39 is 11.5 Å². The Hall–Kier alpha value is -2.74. The summed E-state index contributed by atoms with van der Waals surface area (Å²) in [6.45, 7) is 3.78. The van der Waals surface area contributed by atoms with E-state index in [9.17, 15) is 14.0 Å². The molecule has 0 aliphatic heterocycles. The van der Waals surface area contributed by atoms with Gasteiger partial charge in [-0.3, -0.25) is 9.36 Å². The summed E-state index contributed by atoms with van der Waals surface area (Å²) in [6, 6.07) is 11.3. The van der Waals surface area contributed by atoms with Gasteiger partial charge in [0.2, 0.25) is 0 Å². The van der Waals surface area contributed by atoms with Crippen molar-refractivity contribution in [2.75, 3.05) is 7.11 Å². The number of hydrogen-bond donors (Lipinski definition) is 0. The smallest absolute Gasteiger partial charge is 0.351 e. The molecule has 0 fully saturated rings. The Labute approximate surface area is 176 Å². The topological polar surface area (TPSA) is 66.1 Å². The number of nitrogens with zero attached hydrogens (tertiary/aromatic N) is 3. The standard InChI is InChI=1S/C21H21BrFN3O3/c1-13(2)10-17(27)12-25-20(14-4-9-18(23)19(11-14)29-3)24-26(21(25)28)16-7-5-15(22)6-8-16/h4-9,11,13H,10,12H2,1-3H3. The summed E-state index contributed by atoms with van der Waals surface area (Å²) in [5, 5.41) is 4.44. The van der Waals surface area contributed by atoms with Crippen LogP contribution in [0.15, 0.2) is 51.7 Å². The number of aromatic nitrogens is 3. The SMILES string of the molecule is COc1cc(-c2nn(-c3ccc(Br)cc3)c(=O)n2CC(=O)CC(C)C)ccc1F. The van der Waals surface area contributed by atoms with Crippen molar-refractivity contribution >= 4 is 21.7 Å². The third kappa shape index (κ3) is 4.64. The number of carbonyl (C=O) groups excluding carboxylic acids is 1. The lowest BCUT2D eigenvalue weighted by Crippen LogP contribution is -2.27. The number of benzene rings is 2. The summed E-state index contributed by atoms with van der Waals surface area (Å²) in [6.07, 6.45) is 0.349. The largest absolute Gasteiger partial charge is 0.494 e. The predicted molar refractivity (Wildman–Crippen MR) is 112 cm³/mol. The molecule has 0 radical (unpaired) electrons. The second-order valence-electron chi connectivity index (χ2n) is 7.07. The van der Waals surface area contributed by atoms with Crippen molar-refractivity contribution in [3.63, 3.8) is 0 Å². The van der Waals surface area contributed by atoms with E-state index >= 15 is 0 Å². The van der Waals surface area contributed by atoms with Crippen LogP contribution < -0.4 is 10.4 Å². The molecule has 0 unspecified atom stereocenters. The predicted octanol–water partition coefficient (Wildman–Crippen LogP) is 4.23. The van der Waals surface area contributed by atoms with Crippen LogP contribution in [-0.2, 0) is 11.3 Å². The third-order valence-corrected chi connectivity index (χ3v) is 4.84. The summed E-state index contributed by atoms with van der Waals surface area (Å²) in [5.74, 6) is -0.114. The minimum atomic E-state index is -0.520. The molecule has 8 heteroatoms. The summed E-state index contributed by atoms with van der Waals surface area (Å²) in [5.41, 5.74) is 0.597. The molecule has 2 aromatic carbocycles. The highest BCUT2D eigenvalue weighted by atomic mass is 79.9. The molecule has 29 heavy (non-hydrogen) atoms. The van der Waals surface area contributed by atoms with Crippen LogP contribution in [0.5, 0.6) is 5.75 Å². The molecule has 1 aromatic heterocycles. The summed E-state index contributed by atoms with van der Waals surface area (Å²) in [4.78, 5) is 25.5. The fourth-order valence-corrected chi connectivity index (χ4v) is 3.26. The van der Waals surface area contributed by atoms with Crippen molar-refractivity contribution < 1.29 is 13.9 Å². The second kappa shape index (κ2) is 8.73.